The SMILES string of the molecule is O=C(CSc1nnnn1-c1ccc(Br)cc1)Nc1ccc(N2CCCCC2)cc1. The third-order valence-electron chi connectivity index (χ3n) is 4.72. The van der Waals surface area contributed by atoms with Gasteiger partial charge in [-0.1, -0.05) is 27.7 Å². The number of hydrogen-bond donors (Lipinski definition) is 1. The van der Waals surface area contributed by atoms with E-state index >= 15 is 0 Å². The van der Waals surface area contributed by atoms with Crippen LogP contribution < -0.4 is 10.2 Å². The minimum absolute atomic E-state index is 0.0916. The highest BCUT2D eigenvalue weighted by Crippen LogP contribution is 2.23. The van der Waals surface area contributed by atoms with E-state index in [0.29, 0.717) is 5.16 Å². The molecule has 0 atom stereocenters. The Bertz CT molecular complexity index is 954. The quantitative estimate of drug-likeness (QED) is 0.543. The maximum atomic E-state index is 12.4. The fourth-order valence-corrected chi connectivity index (χ4v) is 4.20. The summed E-state index contributed by atoms with van der Waals surface area (Å²) in [5.74, 6) is 0.135. The molecule has 0 bridgehead atoms. The number of nitrogens with one attached hydrogen (secondary N) is 1. The molecule has 1 aromatic heterocycles. The second kappa shape index (κ2) is 9.41. The second-order valence-corrected chi connectivity index (χ2v) is 8.64. The van der Waals surface area contributed by atoms with Gasteiger partial charge in [0.2, 0.25) is 11.1 Å². The van der Waals surface area contributed by atoms with Crippen molar-refractivity contribution >= 4 is 45.0 Å². The lowest BCUT2D eigenvalue weighted by Crippen LogP contribution is -2.29. The van der Waals surface area contributed by atoms with E-state index in [9.17, 15) is 4.79 Å². The van der Waals surface area contributed by atoms with Gasteiger partial charge >= 0.3 is 0 Å². The van der Waals surface area contributed by atoms with Crippen LogP contribution in [0.5, 0.6) is 0 Å². The largest absolute Gasteiger partial charge is 0.372 e. The van der Waals surface area contributed by atoms with Crippen molar-refractivity contribution < 1.29 is 4.79 Å². The standard InChI is InChI=1S/C20H21BrN6OS/c21-15-4-8-18(9-5-15)27-20(23-24-25-27)29-14-19(28)22-16-6-10-17(11-7-16)26-12-2-1-3-13-26/h4-11H,1-3,12-14H2,(H,22,28). The Morgan fingerprint density at radius 3 is 2.41 bits per heavy atom. The molecule has 0 spiro atoms. The van der Waals surface area contributed by atoms with E-state index in [0.717, 1.165) is 28.9 Å². The lowest BCUT2D eigenvalue weighted by Gasteiger charge is -2.28. The van der Waals surface area contributed by atoms with Crippen molar-refractivity contribution in [3.63, 3.8) is 0 Å². The van der Waals surface area contributed by atoms with E-state index in [1.807, 2.05) is 36.4 Å². The molecule has 29 heavy (non-hydrogen) atoms. The third-order valence-corrected chi connectivity index (χ3v) is 6.16. The Kier molecular flexibility index (Phi) is 6.46. The Hall–Kier alpha value is -2.39. The highest BCUT2D eigenvalue weighted by atomic mass is 79.9. The summed E-state index contributed by atoms with van der Waals surface area (Å²) in [6.07, 6.45) is 3.80. The number of thioether (sulfide) groups is 1. The maximum absolute atomic E-state index is 12.4. The molecule has 2 aromatic carbocycles. The molecular weight excluding hydrogens is 452 g/mol. The first-order valence-corrected chi connectivity index (χ1v) is 11.3. The summed E-state index contributed by atoms with van der Waals surface area (Å²) in [6, 6.07) is 15.7. The summed E-state index contributed by atoms with van der Waals surface area (Å²) in [5.41, 5.74) is 2.85. The first kappa shape index (κ1) is 19.9. The number of rotatable bonds is 6. The van der Waals surface area contributed by atoms with Gasteiger partial charge in [0.15, 0.2) is 0 Å². The van der Waals surface area contributed by atoms with E-state index in [4.69, 9.17) is 0 Å². The molecule has 3 aromatic rings. The smallest absolute Gasteiger partial charge is 0.234 e. The summed E-state index contributed by atoms with van der Waals surface area (Å²) in [4.78, 5) is 14.8. The van der Waals surface area contributed by atoms with Crippen LogP contribution in [0.1, 0.15) is 19.3 Å². The molecule has 1 N–H and O–H groups in total. The van der Waals surface area contributed by atoms with Crippen molar-refractivity contribution in [2.24, 2.45) is 0 Å². The lowest BCUT2D eigenvalue weighted by atomic mass is 10.1. The van der Waals surface area contributed by atoms with Crippen molar-refractivity contribution in [3.05, 3.63) is 53.0 Å². The second-order valence-electron chi connectivity index (χ2n) is 6.78. The lowest BCUT2D eigenvalue weighted by molar-refractivity contribution is -0.113. The number of halogens is 1. The van der Waals surface area contributed by atoms with Crippen LogP contribution in [0.15, 0.2) is 58.2 Å². The van der Waals surface area contributed by atoms with Crippen LogP contribution in [0.2, 0.25) is 0 Å². The number of hydrogen-bond acceptors (Lipinski definition) is 6. The number of amides is 1. The zero-order valence-corrected chi connectivity index (χ0v) is 18.2. The van der Waals surface area contributed by atoms with E-state index in [1.54, 1.807) is 4.68 Å². The zero-order valence-electron chi connectivity index (χ0n) is 15.8. The highest BCUT2D eigenvalue weighted by molar-refractivity contribution is 9.10. The van der Waals surface area contributed by atoms with E-state index in [1.165, 1.54) is 36.7 Å². The van der Waals surface area contributed by atoms with Gasteiger partial charge in [0, 0.05) is 28.9 Å². The number of nitrogens with zero attached hydrogens (tertiary/aromatic N) is 5. The van der Waals surface area contributed by atoms with Crippen molar-refractivity contribution in [3.8, 4) is 5.69 Å². The number of carbonyl (C=O) groups excluding carboxylic acids is 1. The van der Waals surface area contributed by atoms with Crippen LogP contribution in [0.25, 0.3) is 5.69 Å². The third kappa shape index (κ3) is 5.16. The normalized spacial score (nSPS) is 14.0. The van der Waals surface area contributed by atoms with Gasteiger partial charge in [-0.15, -0.1) is 5.10 Å². The van der Waals surface area contributed by atoms with Crippen LogP contribution >= 0.6 is 27.7 Å². The van der Waals surface area contributed by atoms with Gasteiger partial charge < -0.3 is 10.2 Å². The number of benzene rings is 2. The first-order chi connectivity index (χ1) is 14.2. The van der Waals surface area contributed by atoms with Gasteiger partial charge in [-0.25, -0.2) is 0 Å². The Morgan fingerprint density at radius 2 is 1.69 bits per heavy atom. The van der Waals surface area contributed by atoms with E-state index < -0.39 is 0 Å². The molecule has 150 valence electrons. The Morgan fingerprint density at radius 1 is 1.00 bits per heavy atom. The van der Waals surface area contributed by atoms with Crippen LogP contribution in [-0.4, -0.2) is 45.0 Å². The molecule has 7 nitrogen and oxygen atoms in total. The molecule has 1 amide bonds. The average molecular weight is 473 g/mol. The number of carbonyl (C=O) groups is 1. The number of anilines is 2. The predicted molar refractivity (Wildman–Crippen MR) is 119 cm³/mol. The fraction of sp³-hybridized carbons (Fsp3) is 0.300. The minimum atomic E-state index is -0.0916. The van der Waals surface area contributed by atoms with E-state index in [2.05, 4.69) is 53.8 Å². The van der Waals surface area contributed by atoms with Gasteiger partial charge in [0.1, 0.15) is 0 Å². The van der Waals surface area contributed by atoms with Crippen LogP contribution in [0.4, 0.5) is 11.4 Å². The maximum Gasteiger partial charge on any atom is 0.234 e. The van der Waals surface area contributed by atoms with Crippen molar-refractivity contribution in [1.82, 2.24) is 20.2 Å². The summed E-state index contributed by atoms with van der Waals surface area (Å²) in [6.45, 7) is 2.21. The summed E-state index contributed by atoms with van der Waals surface area (Å²) < 4.78 is 2.60. The molecule has 1 saturated heterocycles. The average Bonchev–Trinajstić information content (AvgIpc) is 3.23. The van der Waals surface area contributed by atoms with Gasteiger partial charge in [-0.2, -0.15) is 4.68 Å². The molecule has 0 unspecified atom stereocenters. The first-order valence-electron chi connectivity index (χ1n) is 9.51. The van der Waals surface area contributed by atoms with Gasteiger partial charge in [0.25, 0.3) is 0 Å². The Labute approximate surface area is 182 Å². The van der Waals surface area contributed by atoms with Gasteiger partial charge in [-0.3, -0.25) is 4.79 Å². The molecule has 0 saturated carbocycles. The summed E-state index contributed by atoms with van der Waals surface area (Å²) >= 11 is 4.71. The van der Waals surface area contributed by atoms with Crippen molar-refractivity contribution in [1.29, 1.82) is 0 Å². The molecule has 1 aliphatic heterocycles. The van der Waals surface area contributed by atoms with Crippen molar-refractivity contribution in [2.45, 2.75) is 24.4 Å². The zero-order chi connectivity index (χ0) is 20.1. The number of piperidine rings is 1. The van der Waals surface area contributed by atoms with E-state index in [-0.39, 0.29) is 11.7 Å². The van der Waals surface area contributed by atoms with Gasteiger partial charge in [0.05, 0.1) is 11.4 Å². The molecule has 4 rings (SSSR count). The molecule has 9 heteroatoms. The number of tetrazole rings is 1. The number of aromatic nitrogens is 4. The topological polar surface area (TPSA) is 75.9 Å². The molecule has 1 fully saturated rings. The monoisotopic (exact) mass is 472 g/mol. The highest BCUT2D eigenvalue weighted by Gasteiger charge is 2.13. The summed E-state index contributed by atoms with van der Waals surface area (Å²) in [5, 5.41) is 15.3. The van der Waals surface area contributed by atoms with Crippen LogP contribution in [0, 0.1) is 0 Å². The van der Waals surface area contributed by atoms with Crippen molar-refractivity contribution in [2.75, 3.05) is 29.1 Å². The minimum Gasteiger partial charge on any atom is -0.372 e. The molecular formula is C20H21BrN6OS. The molecule has 1 aliphatic rings. The Balaban J connectivity index is 1.33. The van der Waals surface area contributed by atoms with Crippen LogP contribution in [-0.2, 0) is 4.79 Å². The molecule has 2 heterocycles. The van der Waals surface area contributed by atoms with Gasteiger partial charge in [-0.05, 0) is 78.2 Å². The predicted octanol–water partition coefficient (Wildman–Crippen LogP) is 4.15. The fourth-order valence-electron chi connectivity index (χ4n) is 3.25. The summed E-state index contributed by atoms with van der Waals surface area (Å²) in [7, 11) is 0. The molecule has 0 aliphatic carbocycles. The van der Waals surface area contributed by atoms with Crippen LogP contribution in [0.3, 0.4) is 0 Å². The molecule has 0 radical (unpaired) electrons.